The summed E-state index contributed by atoms with van der Waals surface area (Å²) in [5, 5.41) is 6.25. The van der Waals surface area contributed by atoms with Gasteiger partial charge in [0.2, 0.25) is 15.9 Å². The second-order valence-electron chi connectivity index (χ2n) is 7.27. The molecule has 1 aromatic carbocycles. The zero-order valence-corrected chi connectivity index (χ0v) is 18.0. The topological polar surface area (TPSA) is 78.5 Å². The number of hydrogen-bond donors (Lipinski definition) is 2. The van der Waals surface area contributed by atoms with Crippen molar-refractivity contribution >= 4 is 28.3 Å². The van der Waals surface area contributed by atoms with Gasteiger partial charge in [-0.05, 0) is 69.8 Å². The van der Waals surface area contributed by atoms with Crippen molar-refractivity contribution in [1.82, 2.24) is 14.9 Å². The average Bonchev–Trinajstić information content (AvgIpc) is 2.65. The van der Waals surface area contributed by atoms with Crippen LogP contribution in [0.1, 0.15) is 45.1 Å². The summed E-state index contributed by atoms with van der Waals surface area (Å²) in [4.78, 5) is 12.3. The number of amides is 1. The molecule has 1 aromatic rings. The monoisotopic (exact) mass is 417 g/mol. The number of piperidine rings is 1. The number of hydrogen-bond acceptors (Lipinski definition) is 4. The maximum Gasteiger partial charge on any atom is 0.243 e. The fraction of sp³-hybridized carbons (Fsp3) is 0.632. The maximum atomic E-state index is 12.4. The van der Waals surface area contributed by atoms with Gasteiger partial charge < -0.3 is 10.6 Å². The molecule has 1 aliphatic rings. The Morgan fingerprint density at radius 3 is 2.37 bits per heavy atom. The molecule has 154 valence electrons. The van der Waals surface area contributed by atoms with Crippen molar-refractivity contribution in [3.05, 3.63) is 29.8 Å². The predicted octanol–water partition coefficient (Wildman–Crippen LogP) is 2.53. The Hall–Kier alpha value is -1.15. The first-order chi connectivity index (χ1) is 12.3. The van der Waals surface area contributed by atoms with Crippen LogP contribution in [0.25, 0.3) is 0 Å². The molecule has 1 aliphatic heterocycles. The SMILES string of the molecule is CC(C)N(C)S(=O)(=O)c1ccc(CNC(=O)CCC2CCNCC2)cc1.Cl. The minimum Gasteiger partial charge on any atom is -0.352 e. The van der Waals surface area contributed by atoms with E-state index in [1.165, 1.54) is 4.31 Å². The first kappa shape index (κ1) is 23.9. The zero-order valence-electron chi connectivity index (χ0n) is 16.4. The summed E-state index contributed by atoms with van der Waals surface area (Å²) in [6, 6.07) is 6.62. The Labute approximate surface area is 169 Å². The molecule has 0 saturated carbocycles. The van der Waals surface area contributed by atoms with Crippen LogP contribution in [0.5, 0.6) is 0 Å². The van der Waals surface area contributed by atoms with Gasteiger partial charge in [-0.3, -0.25) is 4.79 Å². The molecule has 0 bridgehead atoms. The summed E-state index contributed by atoms with van der Waals surface area (Å²) in [5.41, 5.74) is 0.895. The number of benzene rings is 1. The normalized spacial score (nSPS) is 15.6. The molecular weight excluding hydrogens is 386 g/mol. The van der Waals surface area contributed by atoms with Crippen LogP contribution in [0.3, 0.4) is 0 Å². The lowest BCUT2D eigenvalue weighted by Crippen LogP contribution is -2.33. The molecule has 0 spiro atoms. The van der Waals surface area contributed by atoms with Crippen molar-refractivity contribution in [2.75, 3.05) is 20.1 Å². The van der Waals surface area contributed by atoms with Gasteiger partial charge in [-0.2, -0.15) is 4.31 Å². The van der Waals surface area contributed by atoms with E-state index >= 15 is 0 Å². The molecule has 1 fully saturated rings. The van der Waals surface area contributed by atoms with Gasteiger partial charge in [-0.1, -0.05) is 12.1 Å². The molecule has 2 N–H and O–H groups in total. The molecule has 0 atom stereocenters. The van der Waals surface area contributed by atoms with E-state index in [1.54, 1.807) is 31.3 Å². The zero-order chi connectivity index (χ0) is 19.2. The summed E-state index contributed by atoms with van der Waals surface area (Å²) in [6.45, 7) is 6.20. The quantitative estimate of drug-likeness (QED) is 0.681. The highest BCUT2D eigenvalue weighted by Gasteiger charge is 2.22. The van der Waals surface area contributed by atoms with E-state index in [0.717, 1.165) is 37.9 Å². The van der Waals surface area contributed by atoms with Crippen LogP contribution in [0, 0.1) is 5.92 Å². The summed E-state index contributed by atoms with van der Waals surface area (Å²) < 4.78 is 26.2. The molecular formula is C19H32ClN3O3S. The van der Waals surface area contributed by atoms with E-state index in [0.29, 0.717) is 18.9 Å². The number of nitrogens with one attached hydrogen (secondary N) is 2. The third-order valence-corrected chi connectivity index (χ3v) is 7.10. The third-order valence-electron chi connectivity index (χ3n) is 5.06. The maximum absolute atomic E-state index is 12.4. The first-order valence-corrected chi connectivity index (χ1v) is 10.8. The highest BCUT2D eigenvalue weighted by molar-refractivity contribution is 7.89. The van der Waals surface area contributed by atoms with Crippen molar-refractivity contribution in [2.24, 2.45) is 5.92 Å². The van der Waals surface area contributed by atoms with Crippen LogP contribution in [-0.4, -0.2) is 44.8 Å². The second kappa shape index (κ2) is 11.0. The molecule has 0 aliphatic carbocycles. The number of sulfonamides is 1. The number of carbonyl (C=O) groups excluding carboxylic acids is 1. The average molecular weight is 418 g/mol. The second-order valence-corrected chi connectivity index (χ2v) is 9.27. The highest BCUT2D eigenvalue weighted by Crippen LogP contribution is 2.18. The Kier molecular flexibility index (Phi) is 9.73. The molecule has 2 rings (SSSR count). The minimum absolute atomic E-state index is 0. The highest BCUT2D eigenvalue weighted by atomic mass is 35.5. The summed E-state index contributed by atoms with van der Waals surface area (Å²) in [7, 11) is -1.89. The Bertz CT molecular complexity index is 687. The Morgan fingerprint density at radius 2 is 1.81 bits per heavy atom. The molecule has 27 heavy (non-hydrogen) atoms. The van der Waals surface area contributed by atoms with Gasteiger partial charge in [0, 0.05) is 26.1 Å². The van der Waals surface area contributed by atoms with Gasteiger partial charge in [0.1, 0.15) is 0 Å². The van der Waals surface area contributed by atoms with Crippen molar-refractivity contribution in [3.8, 4) is 0 Å². The smallest absolute Gasteiger partial charge is 0.243 e. The molecule has 0 aromatic heterocycles. The predicted molar refractivity (Wildman–Crippen MR) is 110 cm³/mol. The van der Waals surface area contributed by atoms with Crippen LogP contribution >= 0.6 is 12.4 Å². The van der Waals surface area contributed by atoms with Crippen molar-refractivity contribution < 1.29 is 13.2 Å². The summed E-state index contributed by atoms with van der Waals surface area (Å²) >= 11 is 0. The van der Waals surface area contributed by atoms with Gasteiger partial charge in [-0.15, -0.1) is 12.4 Å². The molecule has 1 saturated heterocycles. The van der Waals surface area contributed by atoms with Gasteiger partial charge in [0.25, 0.3) is 0 Å². The number of carbonyl (C=O) groups is 1. The van der Waals surface area contributed by atoms with Crippen LogP contribution < -0.4 is 10.6 Å². The fourth-order valence-electron chi connectivity index (χ4n) is 3.02. The number of rotatable bonds is 8. The number of nitrogens with zero attached hydrogens (tertiary/aromatic N) is 1. The lowest BCUT2D eigenvalue weighted by molar-refractivity contribution is -0.121. The van der Waals surface area contributed by atoms with Crippen LogP contribution in [0.4, 0.5) is 0 Å². The van der Waals surface area contributed by atoms with E-state index in [4.69, 9.17) is 0 Å². The van der Waals surface area contributed by atoms with Crippen molar-refractivity contribution in [1.29, 1.82) is 0 Å². The minimum atomic E-state index is -3.47. The van der Waals surface area contributed by atoms with E-state index in [1.807, 2.05) is 13.8 Å². The van der Waals surface area contributed by atoms with Crippen molar-refractivity contribution in [2.45, 2.75) is 57.0 Å². The third kappa shape index (κ3) is 7.07. The standard InChI is InChI=1S/C19H31N3O3S.ClH/c1-15(2)22(3)26(24,25)18-7-4-17(5-8-18)14-21-19(23)9-6-16-10-12-20-13-11-16;/h4-5,7-8,15-16,20H,6,9-14H2,1-3H3,(H,21,23);1H. The van der Waals surface area contributed by atoms with Gasteiger partial charge in [-0.25, -0.2) is 8.42 Å². The Balaban J connectivity index is 0.00000364. The largest absolute Gasteiger partial charge is 0.352 e. The van der Waals surface area contributed by atoms with E-state index < -0.39 is 10.0 Å². The fourth-order valence-corrected chi connectivity index (χ4v) is 4.39. The molecule has 0 radical (unpaired) electrons. The first-order valence-electron chi connectivity index (χ1n) is 9.35. The van der Waals surface area contributed by atoms with Gasteiger partial charge in [0.05, 0.1) is 4.90 Å². The van der Waals surface area contributed by atoms with E-state index in [-0.39, 0.29) is 29.3 Å². The van der Waals surface area contributed by atoms with Crippen molar-refractivity contribution in [3.63, 3.8) is 0 Å². The van der Waals surface area contributed by atoms with E-state index in [2.05, 4.69) is 10.6 Å². The van der Waals surface area contributed by atoms with E-state index in [9.17, 15) is 13.2 Å². The van der Waals surface area contributed by atoms with Gasteiger partial charge >= 0.3 is 0 Å². The van der Waals surface area contributed by atoms with Crippen LogP contribution in [0.15, 0.2) is 29.2 Å². The molecule has 0 unspecified atom stereocenters. The molecule has 6 nitrogen and oxygen atoms in total. The summed E-state index contributed by atoms with van der Waals surface area (Å²) in [5.74, 6) is 0.698. The number of halogens is 1. The molecule has 1 amide bonds. The lowest BCUT2D eigenvalue weighted by Gasteiger charge is -2.22. The summed E-state index contributed by atoms with van der Waals surface area (Å²) in [6.07, 6.45) is 3.78. The van der Waals surface area contributed by atoms with Gasteiger partial charge in [0.15, 0.2) is 0 Å². The molecule has 8 heteroatoms. The Morgan fingerprint density at radius 1 is 1.22 bits per heavy atom. The van der Waals surface area contributed by atoms with Crippen LogP contribution in [-0.2, 0) is 21.4 Å². The lowest BCUT2D eigenvalue weighted by atomic mass is 9.93. The molecule has 1 heterocycles. The van der Waals surface area contributed by atoms with Crippen LogP contribution in [0.2, 0.25) is 0 Å².